The van der Waals surface area contributed by atoms with E-state index < -0.39 is 10.0 Å². The van der Waals surface area contributed by atoms with Gasteiger partial charge in [-0.2, -0.15) is 4.31 Å². The molecular formula is C12H15ClN4O2S2. The van der Waals surface area contributed by atoms with E-state index >= 15 is 0 Å². The van der Waals surface area contributed by atoms with Crippen LogP contribution in [0.15, 0.2) is 22.7 Å². The zero-order valence-electron chi connectivity index (χ0n) is 11.4. The number of hydrogen-bond donors (Lipinski definition) is 0. The fourth-order valence-electron chi connectivity index (χ4n) is 2.54. The smallest absolute Gasteiger partial charge is 0.252 e. The molecule has 1 aliphatic heterocycles. The number of hydrogen-bond acceptors (Lipinski definition) is 5. The highest BCUT2D eigenvalue weighted by Crippen LogP contribution is 2.32. The van der Waals surface area contributed by atoms with E-state index in [2.05, 4.69) is 10.2 Å². The predicted molar refractivity (Wildman–Crippen MR) is 81.1 cm³/mol. The molecule has 0 aliphatic carbocycles. The van der Waals surface area contributed by atoms with Gasteiger partial charge in [0.25, 0.3) is 10.0 Å². The molecule has 0 unspecified atom stereocenters. The van der Waals surface area contributed by atoms with Crippen LogP contribution in [0.4, 0.5) is 0 Å². The minimum Gasteiger partial charge on any atom is -0.313 e. The molecule has 1 fully saturated rings. The lowest BCUT2D eigenvalue weighted by Gasteiger charge is -2.16. The highest BCUT2D eigenvalue weighted by molar-refractivity contribution is 7.91. The maximum absolute atomic E-state index is 12.6. The molecular weight excluding hydrogens is 332 g/mol. The zero-order chi connectivity index (χ0) is 15.0. The average molecular weight is 347 g/mol. The average Bonchev–Trinajstić information content (AvgIpc) is 3.17. The lowest BCUT2D eigenvalue weighted by atomic mass is 10.2. The summed E-state index contributed by atoms with van der Waals surface area (Å²) in [6, 6.07) is 3.27. The Bertz CT molecular complexity index is 740. The molecule has 3 heterocycles. The van der Waals surface area contributed by atoms with Crippen molar-refractivity contribution < 1.29 is 8.42 Å². The highest BCUT2D eigenvalue weighted by atomic mass is 35.5. The number of aryl methyl sites for hydroxylation is 1. The van der Waals surface area contributed by atoms with Crippen LogP contribution < -0.4 is 0 Å². The molecule has 1 atom stereocenters. The molecule has 21 heavy (non-hydrogen) atoms. The van der Waals surface area contributed by atoms with Crippen molar-refractivity contribution in [2.75, 3.05) is 13.1 Å². The van der Waals surface area contributed by atoms with Crippen molar-refractivity contribution >= 4 is 33.0 Å². The molecule has 0 spiro atoms. The van der Waals surface area contributed by atoms with Gasteiger partial charge in [-0.05, 0) is 18.6 Å². The first-order valence-electron chi connectivity index (χ1n) is 6.66. The Hall–Kier alpha value is -0.960. The summed E-state index contributed by atoms with van der Waals surface area (Å²) in [4.78, 5) is 0. The van der Waals surface area contributed by atoms with Crippen molar-refractivity contribution in [2.45, 2.75) is 30.0 Å². The SMILES string of the molecule is CCc1nncn1[C@@H]1CCN(S(=O)(=O)c2ccc(Cl)s2)C1. The third-order valence-electron chi connectivity index (χ3n) is 3.63. The summed E-state index contributed by atoms with van der Waals surface area (Å²) in [5.41, 5.74) is 0. The maximum atomic E-state index is 12.6. The Morgan fingerprint density at radius 2 is 2.29 bits per heavy atom. The third-order valence-corrected chi connectivity index (χ3v) is 7.19. The molecule has 2 aromatic rings. The van der Waals surface area contributed by atoms with Gasteiger partial charge in [0.1, 0.15) is 16.4 Å². The Kier molecular flexibility index (Phi) is 4.04. The van der Waals surface area contributed by atoms with Crippen LogP contribution in [0.5, 0.6) is 0 Å². The van der Waals surface area contributed by atoms with Crippen LogP contribution in [0.2, 0.25) is 4.34 Å². The predicted octanol–water partition coefficient (Wildman–Crippen LogP) is 2.19. The molecule has 114 valence electrons. The fraction of sp³-hybridized carbons (Fsp3) is 0.500. The summed E-state index contributed by atoms with van der Waals surface area (Å²) >= 11 is 6.93. The maximum Gasteiger partial charge on any atom is 0.252 e. The summed E-state index contributed by atoms with van der Waals surface area (Å²) in [5.74, 6) is 0.887. The quantitative estimate of drug-likeness (QED) is 0.851. The molecule has 0 N–H and O–H groups in total. The number of rotatable bonds is 4. The number of nitrogens with zero attached hydrogens (tertiary/aromatic N) is 4. The van der Waals surface area contributed by atoms with Crippen LogP contribution in [0.3, 0.4) is 0 Å². The van der Waals surface area contributed by atoms with Gasteiger partial charge >= 0.3 is 0 Å². The number of aromatic nitrogens is 3. The Labute approximate surface area is 132 Å². The van der Waals surface area contributed by atoms with E-state index in [-0.39, 0.29) is 6.04 Å². The largest absolute Gasteiger partial charge is 0.313 e. The van der Waals surface area contributed by atoms with Crippen LogP contribution in [-0.2, 0) is 16.4 Å². The molecule has 3 rings (SSSR count). The Balaban J connectivity index is 1.81. The van der Waals surface area contributed by atoms with Gasteiger partial charge in [0.15, 0.2) is 0 Å². The second-order valence-corrected chi connectivity index (χ2v) is 8.75. The summed E-state index contributed by atoms with van der Waals surface area (Å²) in [6.45, 7) is 2.96. The van der Waals surface area contributed by atoms with E-state index in [4.69, 9.17) is 11.6 Å². The van der Waals surface area contributed by atoms with Gasteiger partial charge in [-0.25, -0.2) is 8.42 Å². The number of sulfonamides is 1. The lowest BCUT2D eigenvalue weighted by molar-refractivity contribution is 0.448. The molecule has 6 nitrogen and oxygen atoms in total. The van der Waals surface area contributed by atoms with Gasteiger partial charge in [0.05, 0.1) is 10.4 Å². The van der Waals surface area contributed by atoms with Crippen LogP contribution in [0, 0.1) is 0 Å². The second kappa shape index (κ2) is 5.68. The van der Waals surface area contributed by atoms with Gasteiger partial charge in [0.2, 0.25) is 0 Å². The van der Waals surface area contributed by atoms with Gasteiger partial charge < -0.3 is 4.57 Å². The second-order valence-electron chi connectivity index (χ2n) is 4.87. The summed E-state index contributed by atoms with van der Waals surface area (Å²) in [7, 11) is -3.45. The van der Waals surface area contributed by atoms with Gasteiger partial charge in [0, 0.05) is 19.5 Å². The highest BCUT2D eigenvalue weighted by Gasteiger charge is 2.34. The van der Waals surface area contributed by atoms with Crippen molar-refractivity contribution in [1.29, 1.82) is 0 Å². The molecule has 0 saturated carbocycles. The zero-order valence-corrected chi connectivity index (χ0v) is 13.8. The monoisotopic (exact) mass is 346 g/mol. The van der Waals surface area contributed by atoms with Crippen molar-refractivity contribution in [3.63, 3.8) is 0 Å². The first-order valence-corrected chi connectivity index (χ1v) is 9.29. The van der Waals surface area contributed by atoms with E-state index in [0.717, 1.165) is 30.0 Å². The number of halogens is 1. The van der Waals surface area contributed by atoms with E-state index in [1.165, 1.54) is 4.31 Å². The van der Waals surface area contributed by atoms with Gasteiger partial charge in [-0.15, -0.1) is 21.5 Å². The molecule has 0 radical (unpaired) electrons. The Morgan fingerprint density at radius 1 is 1.48 bits per heavy atom. The Morgan fingerprint density at radius 3 is 2.95 bits per heavy atom. The summed E-state index contributed by atoms with van der Waals surface area (Å²) in [5, 5.41) is 7.97. The van der Waals surface area contributed by atoms with Crippen molar-refractivity contribution in [3.05, 3.63) is 28.6 Å². The molecule has 0 bridgehead atoms. The lowest BCUT2D eigenvalue weighted by Crippen LogP contribution is -2.28. The number of thiophene rings is 1. The van der Waals surface area contributed by atoms with E-state index in [1.807, 2.05) is 11.5 Å². The topological polar surface area (TPSA) is 68.1 Å². The standard InChI is InChI=1S/C12H15ClN4O2S2/c1-2-11-15-14-8-17(11)9-5-6-16(7-9)21(18,19)12-4-3-10(13)20-12/h3-4,8-9H,2,5-7H2,1H3/t9-/m1/s1. The van der Waals surface area contributed by atoms with Crippen LogP contribution >= 0.6 is 22.9 Å². The third kappa shape index (κ3) is 2.73. The van der Waals surface area contributed by atoms with E-state index in [9.17, 15) is 8.42 Å². The van der Waals surface area contributed by atoms with Gasteiger partial charge in [-0.3, -0.25) is 0 Å². The van der Waals surface area contributed by atoms with Crippen molar-refractivity contribution in [3.8, 4) is 0 Å². The molecule has 2 aromatic heterocycles. The van der Waals surface area contributed by atoms with Crippen LogP contribution in [-0.4, -0.2) is 40.6 Å². The normalized spacial score (nSPS) is 20.2. The first kappa shape index (κ1) is 15.0. The molecule has 1 saturated heterocycles. The van der Waals surface area contributed by atoms with E-state index in [1.54, 1.807) is 18.5 Å². The van der Waals surface area contributed by atoms with Crippen molar-refractivity contribution in [1.82, 2.24) is 19.1 Å². The minimum atomic E-state index is -3.45. The summed E-state index contributed by atoms with van der Waals surface area (Å²) < 4.78 is 29.4. The molecule has 9 heteroatoms. The fourth-order valence-corrected chi connectivity index (χ4v) is 5.67. The summed E-state index contributed by atoms with van der Waals surface area (Å²) in [6.07, 6.45) is 3.23. The van der Waals surface area contributed by atoms with Gasteiger partial charge in [-0.1, -0.05) is 18.5 Å². The molecule has 0 amide bonds. The van der Waals surface area contributed by atoms with Crippen molar-refractivity contribution in [2.24, 2.45) is 0 Å². The van der Waals surface area contributed by atoms with Crippen LogP contribution in [0.25, 0.3) is 0 Å². The molecule has 1 aliphatic rings. The van der Waals surface area contributed by atoms with E-state index in [0.29, 0.717) is 21.6 Å². The molecule has 0 aromatic carbocycles. The van der Waals surface area contributed by atoms with Crippen LogP contribution in [0.1, 0.15) is 25.2 Å². The minimum absolute atomic E-state index is 0.0974. The first-order chi connectivity index (χ1) is 10.0.